The number of nitrogens with two attached hydrogens (primary N) is 2. The molecule has 0 saturated carbocycles. The van der Waals surface area contributed by atoms with Gasteiger partial charge in [0, 0.05) is 5.56 Å². The van der Waals surface area contributed by atoms with Crippen LogP contribution in [0.2, 0.25) is 0 Å². The summed E-state index contributed by atoms with van der Waals surface area (Å²) in [7, 11) is 0. The molecule has 1 aromatic carbocycles. The van der Waals surface area contributed by atoms with E-state index in [1.807, 2.05) is 0 Å². The van der Waals surface area contributed by atoms with Crippen molar-refractivity contribution < 1.29 is 35.8 Å². The Labute approximate surface area is 101 Å². The van der Waals surface area contributed by atoms with Crippen molar-refractivity contribution in [2.75, 3.05) is 11.5 Å². The highest BCUT2D eigenvalue weighted by atomic mass is 19.4. The molecular formula is C9H7F7N2O. The standard InChI is InChI=1S/C9H7F7N2O/c10-4-1-3(2-5(17)6(4)18)7(19,8(11,12)13)9(14,15)16/h1-2,19H,17-18H2. The van der Waals surface area contributed by atoms with Crippen LogP contribution in [-0.4, -0.2) is 17.5 Å². The Balaban J connectivity index is 3.62. The van der Waals surface area contributed by atoms with Crippen molar-refractivity contribution in [3.8, 4) is 0 Å². The fourth-order valence-electron chi connectivity index (χ4n) is 1.34. The summed E-state index contributed by atoms with van der Waals surface area (Å²) in [5, 5.41) is 8.98. The lowest BCUT2D eigenvalue weighted by Crippen LogP contribution is -2.54. The molecular weight excluding hydrogens is 285 g/mol. The Morgan fingerprint density at radius 1 is 0.895 bits per heavy atom. The highest BCUT2D eigenvalue weighted by Crippen LogP contribution is 2.50. The third-order valence-corrected chi connectivity index (χ3v) is 2.40. The normalized spacial score (nSPS) is 13.7. The zero-order valence-corrected chi connectivity index (χ0v) is 8.90. The van der Waals surface area contributed by atoms with Gasteiger partial charge in [-0.3, -0.25) is 0 Å². The average molecular weight is 292 g/mol. The fraction of sp³-hybridized carbons (Fsp3) is 0.333. The molecule has 0 saturated heterocycles. The van der Waals surface area contributed by atoms with Crippen LogP contribution in [-0.2, 0) is 5.60 Å². The minimum atomic E-state index is -6.11. The molecule has 0 atom stereocenters. The summed E-state index contributed by atoms with van der Waals surface area (Å²) in [5.74, 6) is -1.60. The van der Waals surface area contributed by atoms with Crippen LogP contribution in [0, 0.1) is 5.82 Å². The van der Waals surface area contributed by atoms with Crippen LogP contribution in [0.15, 0.2) is 12.1 Å². The summed E-state index contributed by atoms with van der Waals surface area (Å²) in [5.41, 5.74) is 1.28. The maximum Gasteiger partial charge on any atom is 0.430 e. The number of rotatable bonds is 1. The van der Waals surface area contributed by atoms with E-state index in [1.165, 1.54) is 0 Å². The van der Waals surface area contributed by atoms with Crippen molar-refractivity contribution in [2.45, 2.75) is 18.0 Å². The SMILES string of the molecule is Nc1cc(C(O)(C(F)(F)F)C(F)(F)F)cc(F)c1N. The predicted molar refractivity (Wildman–Crippen MR) is 51.2 cm³/mol. The number of hydrogen-bond donors (Lipinski definition) is 3. The zero-order chi connectivity index (χ0) is 15.2. The lowest BCUT2D eigenvalue weighted by molar-refractivity contribution is -0.376. The summed E-state index contributed by atoms with van der Waals surface area (Å²) < 4.78 is 88.0. The summed E-state index contributed by atoms with van der Waals surface area (Å²) in [6.45, 7) is 0. The first kappa shape index (κ1) is 15.3. The second-order valence-corrected chi connectivity index (χ2v) is 3.67. The van der Waals surface area contributed by atoms with Crippen molar-refractivity contribution in [2.24, 2.45) is 0 Å². The molecule has 3 nitrogen and oxygen atoms in total. The van der Waals surface area contributed by atoms with Gasteiger partial charge < -0.3 is 16.6 Å². The van der Waals surface area contributed by atoms with Gasteiger partial charge >= 0.3 is 12.4 Å². The summed E-state index contributed by atoms with van der Waals surface area (Å²) in [6.07, 6.45) is -12.2. The summed E-state index contributed by atoms with van der Waals surface area (Å²) >= 11 is 0. The number of hydrogen-bond acceptors (Lipinski definition) is 3. The number of alkyl halides is 6. The largest absolute Gasteiger partial charge is 0.430 e. The third kappa shape index (κ3) is 2.27. The summed E-state index contributed by atoms with van der Waals surface area (Å²) in [6, 6.07) is -0.0356. The van der Waals surface area contributed by atoms with Crippen molar-refractivity contribution in [3.63, 3.8) is 0 Å². The highest BCUT2D eigenvalue weighted by molar-refractivity contribution is 5.65. The van der Waals surface area contributed by atoms with E-state index in [4.69, 9.17) is 16.6 Å². The van der Waals surface area contributed by atoms with E-state index < -0.39 is 40.7 Å². The number of anilines is 2. The molecule has 0 radical (unpaired) electrons. The van der Waals surface area contributed by atoms with E-state index in [0.29, 0.717) is 0 Å². The van der Waals surface area contributed by atoms with Gasteiger partial charge in [0.1, 0.15) is 5.82 Å². The van der Waals surface area contributed by atoms with E-state index in [1.54, 1.807) is 0 Å². The Bertz CT molecular complexity index is 457. The van der Waals surface area contributed by atoms with Crippen molar-refractivity contribution >= 4 is 11.4 Å². The molecule has 0 fully saturated rings. The first-order valence-corrected chi connectivity index (χ1v) is 4.53. The van der Waals surface area contributed by atoms with Crippen LogP contribution in [0.5, 0.6) is 0 Å². The fourth-order valence-corrected chi connectivity index (χ4v) is 1.34. The van der Waals surface area contributed by atoms with Crippen LogP contribution < -0.4 is 11.5 Å². The van der Waals surface area contributed by atoms with Crippen molar-refractivity contribution in [1.29, 1.82) is 0 Å². The molecule has 0 spiro atoms. The molecule has 0 bridgehead atoms. The minimum Gasteiger partial charge on any atom is -0.397 e. The highest BCUT2D eigenvalue weighted by Gasteiger charge is 2.71. The van der Waals surface area contributed by atoms with Gasteiger partial charge in [0.2, 0.25) is 0 Å². The Kier molecular flexibility index (Phi) is 3.35. The molecule has 5 N–H and O–H groups in total. The first-order valence-electron chi connectivity index (χ1n) is 4.53. The predicted octanol–water partition coefficient (Wildman–Crippen LogP) is 2.30. The van der Waals surface area contributed by atoms with Gasteiger partial charge in [-0.05, 0) is 12.1 Å². The molecule has 10 heteroatoms. The van der Waals surface area contributed by atoms with Crippen LogP contribution in [0.3, 0.4) is 0 Å². The van der Waals surface area contributed by atoms with Crippen LogP contribution >= 0.6 is 0 Å². The number of nitrogen functional groups attached to an aromatic ring is 2. The van der Waals surface area contributed by atoms with Gasteiger partial charge in [0.15, 0.2) is 0 Å². The van der Waals surface area contributed by atoms with Crippen molar-refractivity contribution in [3.05, 3.63) is 23.5 Å². The maximum absolute atomic E-state index is 13.1. The molecule has 0 aliphatic heterocycles. The van der Waals surface area contributed by atoms with Gasteiger partial charge in [0.05, 0.1) is 11.4 Å². The average Bonchev–Trinajstić information content (AvgIpc) is 2.20. The quantitative estimate of drug-likeness (QED) is 0.549. The van der Waals surface area contributed by atoms with Crippen LogP contribution in [0.1, 0.15) is 5.56 Å². The van der Waals surface area contributed by atoms with Gasteiger partial charge in [-0.2, -0.15) is 26.3 Å². The lowest BCUT2D eigenvalue weighted by Gasteiger charge is -2.32. The summed E-state index contributed by atoms with van der Waals surface area (Å²) in [4.78, 5) is 0. The van der Waals surface area contributed by atoms with Gasteiger partial charge in [-0.25, -0.2) is 4.39 Å². The molecule has 0 aromatic heterocycles. The third-order valence-electron chi connectivity index (χ3n) is 2.40. The Hall–Kier alpha value is -1.71. The van der Waals surface area contributed by atoms with E-state index >= 15 is 0 Å². The Morgan fingerprint density at radius 2 is 1.32 bits per heavy atom. The minimum absolute atomic E-state index is 0.124. The topological polar surface area (TPSA) is 72.3 Å². The second-order valence-electron chi connectivity index (χ2n) is 3.67. The molecule has 0 unspecified atom stereocenters. The van der Waals surface area contributed by atoms with Crippen LogP contribution in [0.25, 0.3) is 0 Å². The van der Waals surface area contributed by atoms with E-state index in [0.717, 1.165) is 0 Å². The van der Waals surface area contributed by atoms with Crippen LogP contribution in [0.4, 0.5) is 42.1 Å². The number of aliphatic hydroxyl groups is 1. The molecule has 0 heterocycles. The van der Waals surface area contributed by atoms with Crippen molar-refractivity contribution in [1.82, 2.24) is 0 Å². The molecule has 19 heavy (non-hydrogen) atoms. The Morgan fingerprint density at radius 3 is 1.63 bits per heavy atom. The maximum atomic E-state index is 13.1. The van der Waals surface area contributed by atoms with E-state index in [9.17, 15) is 30.7 Å². The van der Waals surface area contributed by atoms with Gasteiger partial charge in [0.25, 0.3) is 5.60 Å². The monoisotopic (exact) mass is 292 g/mol. The molecule has 0 aliphatic carbocycles. The number of halogens is 7. The van der Waals surface area contributed by atoms with E-state index in [2.05, 4.69) is 0 Å². The molecule has 0 aliphatic rings. The van der Waals surface area contributed by atoms with E-state index in [-0.39, 0.29) is 12.1 Å². The second kappa shape index (κ2) is 4.15. The van der Waals surface area contributed by atoms with Gasteiger partial charge in [-0.15, -0.1) is 0 Å². The first-order chi connectivity index (χ1) is 8.32. The molecule has 1 aromatic rings. The molecule has 0 amide bonds. The van der Waals surface area contributed by atoms with Gasteiger partial charge in [-0.1, -0.05) is 0 Å². The lowest BCUT2D eigenvalue weighted by atomic mass is 9.91. The number of benzene rings is 1. The smallest absolute Gasteiger partial charge is 0.397 e. The molecule has 108 valence electrons. The molecule has 1 rings (SSSR count). The zero-order valence-electron chi connectivity index (χ0n) is 8.90.